The minimum atomic E-state index is -0.451. The second-order valence-corrected chi connectivity index (χ2v) is 5.99. The number of non-ortho nitro benzene ring substituents is 1. The maximum atomic E-state index is 12.4. The van der Waals surface area contributed by atoms with E-state index in [2.05, 4.69) is 19.2 Å². The van der Waals surface area contributed by atoms with Crippen LogP contribution in [-0.4, -0.2) is 10.8 Å². The number of hydrogen-bond acceptors (Lipinski definition) is 3. The molecule has 2 aromatic rings. The van der Waals surface area contributed by atoms with Crippen LogP contribution in [0, 0.1) is 10.1 Å². The molecular formula is C19H22N2O3. The lowest BCUT2D eigenvalue weighted by atomic mass is 9.98. The number of nitro groups is 1. The molecule has 0 saturated carbocycles. The lowest BCUT2D eigenvalue weighted by Gasteiger charge is -2.14. The van der Waals surface area contributed by atoms with E-state index in [1.165, 1.54) is 17.7 Å². The molecule has 5 nitrogen and oxygen atoms in total. The quantitative estimate of drug-likeness (QED) is 0.609. The van der Waals surface area contributed by atoms with Crippen LogP contribution in [0.2, 0.25) is 0 Å². The van der Waals surface area contributed by atoms with Gasteiger partial charge in [0.15, 0.2) is 0 Å². The number of anilines is 1. The Morgan fingerprint density at radius 3 is 2.08 bits per heavy atom. The summed E-state index contributed by atoms with van der Waals surface area (Å²) >= 11 is 0. The molecule has 1 amide bonds. The molecule has 0 fully saturated rings. The zero-order valence-corrected chi connectivity index (χ0v) is 14.2. The van der Waals surface area contributed by atoms with Crippen molar-refractivity contribution in [3.8, 4) is 0 Å². The fourth-order valence-corrected chi connectivity index (χ4v) is 2.42. The fourth-order valence-electron chi connectivity index (χ4n) is 2.42. The third-order valence-electron chi connectivity index (χ3n) is 4.36. The van der Waals surface area contributed by atoms with Gasteiger partial charge in [-0.1, -0.05) is 38.1 Å². The molecule has 2 aromatic carbocycles. The minimum Gasteiger partial charge on any atom is -0.326 e. The van der Waals surface area contributed by atoms with Crippen molar-refractivity contribution in [3.63, 3.8) is 0 Å². The number of nitrogens with one attached hydrogen (secondary N) is 1. The maximum absolute atomic E-state index is 12.4. The number of amides is 1. The first-order chi connectivity index (χ1) is 11.4. The Bertz CT molecular complexity index is 708. The summed E-state index contributed by atoms with van der Waals surface area (Å²) in [4.78, 5) is 22.6. The van der Waals surface area contributed by atoms with Crippen molar-refractivity contribution in [2.45, 2.75) is 39.0 Å². The number of hydrogen-bond donors (Lipinski definition) is 1. The van der Waals surface area contributed by atoms with Crippen LogP contribution >= 0.6 is 0 Å². The Balaban J connectivity index is 2.04. The van der Waals surface area contributed by atoms with Crippen LogP contribution in [-0.2, 0) is 4.79 Å². The van der Waals surface area contributed by atoms with Gasteiger partial charge in [0.1, 0.15) is 0 Å². The summed E-state index contributed by atoms with van der Waals surface area (Å²) in [5, 5.41) is 13.6. The highest BCUT2D eigenvalue weighted by Crippen LogP contribution is 2.23. The molecule has 0 aliphatic heterocycles. The predicted octanol–water partition coefficient (Wildman–Crippen LogP) is 4.85. The summed E-state index contributed by atoms with van der Waals surface area (Å²) < 4.78 is 0. The van der Waals surface area contributed by atoms with Gasteiger partial charge < -0.3 is 5.32 Å². The first-order valence-electron chi connectivity index (χ1n) is 8.07. The monoisotopic (exact) mass is 326 g/mol. The average molecular weight is 326 g/mol. The van der Waals surface area contributed by atoms with Gasteiger partial charge in [-0.2, -0.15) is 0 Å². The first-order valence-corrected chi connectivity index (χ1v) is 8.07. The molecule has 0 saturated heterocycles. The number of carbonyl (C=O) groups excluding carboxylic acids is 1. The molecule has 2 atom stereocenters. The second kappa shape index (κ2) is 7.73. The van der Waals surface area contributed by atoms with Crippen molar-refractivity contribution in [1.82, 2.24) is 0 Å². The first kappa shape index (κ1) is 17.7. The van der Waals surface area contributed by atoms with E-state index >= 15 is 0 Å². The van der Waals surface area contributed by atoms with Gasteiger partial charge in [-0.3, -0.25) is 14.9 Å². The molecule has 0 heterocycles. The molecule has 5 heteroatoms. The number of nitrogens with zero attached hydrogens (tertiary/aromatic N) is 1. The van der Waals surface area contributed by atoms with E-state index in [9.17, 15) is 14.9 Å². The van der Waals surface area contributed by atoms with Crippen LogP contribution in [0.5, 0.6) is 0 Å². The maximum Gasteiger partial charge on any atom is 0.269 e. The third kappa shape index (κ3) is 4.19. The summed E-state index contributed by atoms with van der Waals surface area (Å²) in [6.45, 7) is 6.10. The van der Waals surface area contributed by atoms with Crippen LogP contribution in [0.1, 0.15) is 50.2 Å². The molecular weight excluding hydrogens is 304 g/mol. The van der Waals surface area contributed by atoms with E-state index in [0.717, 1.165) is 17.7 Å². The number of rotatable bonds is 6. The molecule has 0 radical (unpaired) electrons. The van der Waals surface area contributed by atoms with E-state index in [1.54, 1.807) is 19.1 Å². The van der Waals surface area contributed by atoms with Crippen molar-refractivity contribution in [2.75, 3.05) is 5.32 Å². The topological polar surface area (TPSA) is 72.2 Å². The van der Waals surface area contributed by atoms with E-state index in [-0.39, 0.29) is 17.5 Å². The number of carbonyl (C=O) groups is 1. The highest BCUT2D eigenvalue weighted by atomic mass is 16.6. The molecule has 0 aliphatic carbocycles. The zero-order valence-electron chi connectivity index (χ0n) is 14.2. The van der Waals surface area contributed by atoms with Gasteiger partial charge in [-0.25, -0.2) is 0 Å². The lowest BCUT2D eigenvalue weighted by Crippen LogP contribution is -2.18. The molecule has 0 aromatic heterocycles. The van der Waals surface area contributed by atoms with Gasteiger partial charge in [0.05, 0.1) is 10.8 Å². The second-order valence-electron chi connectivity index (χ2n) is 5.99. The van der Waals surface area contributed by atoms with Crippen LogP contribution < -0.4 is 5.32 Å². The molecule has 2 rings (SSSR count). The van der Waals surface area contributed by atoms with Crippen molar-refractivity contribution < 1.29 is 9.72 Å². The average Bonchev–Trinajstić information content (AvgIpc) is 2.61. The van der Waals surface area contributed by atoms with Gasteiger partial charge in [-0.05, 0) is 42.5 Å². The van der Waals surface area contributed by atoms with E-state index in [1.807, 2.05) is 24.3 Å². The molecule has 0 bridgehead atoms. The summed E-state index contributed by atoms with van der Waals surface area (Å²) in [6.07, 6.45) is 1.07. The summed E-state index contributed by atoms with van der Waals surface area (Å²) in [5.41, 5.74) is 2.76. The fraction of sp³-hybridized carbons (Fsp3) is 0.316. The Hall–Kier alpha value is -2.69. The normalized spacial score (nSPS) is 13.1. The van der Waals surface area contributed by atoms with Gasteiger partial charge >= 0.3 is 0 Å². The Labute approximate surface area is 141 Å². The summed E-state index contributed by atoms with van der Waals surface area (Å²) in [6, 6.07) is 13.9. The summed E-state index contributed by atoms with van der Waals surface area (Å²) in [7, 11) is 0. The zero-order chi connectivity index (χ0) is 17.7. The van der Waals surface area contributed by atoms with Crippen molar-refractivity contribution >= 4 is 17.3 Å². The van der Waals surface area contributed by atoms with Crippen LogP contribution in [0.25, 0.3) is 0 Å². The minimum absolute atomic E-state index is 0.0204. The molecule has 1 N–H and O–H groups in total. The summed E-state index contributed by atoms with van der Waals surface area (Å²) in [5.74, 6) is -0.0334. The molecule has 126 valence electrons. The Morgan fingerprint density at radius 2 is 1.58 bits per heavy atom. The molecule has 24 heavy (non-hydrogen) atoms. The van der Waals surface area contributed by atoms with Gasteiger partial charge in [0.2, 0.25) is 5.91 Å². The van der Waals surface area contributed by atoms with E-state index in [4.69, 9.17) is 0 Å². The van der Waals surface area contributed by atoms with E-state index < -0.39 is 4.92 Å². The van der Waals surface area contributed by atoms with Gasteiger partial charge in [-0.15, -0.1) is 0 Å². The molecule has 0 aliphatic rings. The predicted molar refractivity (Wildman–Crippen MR) is 95.3 cm³/mol. The van der Waals surface area contributed by atoms with Crippen LogP contribution in [0.3, 0.4) is 0 Å². The van der Waals surface area contributed by atoms with Gasteiger partial charge in [0.25, 0.3) is 5.69 Å². The standard InChI is InChI=1S/C19H22N2O3/c1-4-13(2)15-5-9-17(10-6-15)20-19(22)14(3)16-7-11-18(12-8-16)21(23)24/h5-14H,4H2,1-3H3,(H,20,22)/t13-,14+/m1/s1. The van der Waals surface area contributed by atoms with Crippen molar-refractivity contribution in [1.29, 1.82) is 0 Å². The number of nitro benzene ring substituents is 1. The highest BCUT2D eigenvalue weighted by molar-refractivity contribution is 5.95. The smallest absolute Gasteiger partial charge is 0.269 e. The van der Waals surface area contributed by atoms with Crippen molar-refractivity contribution in [2.24, 2.45) is 0 Å². The largest absolute Gasteiger partial charge is 0.326 e. The molecule has 0 unspecified atom stereocenters. The Kier molecular flexibility index (Phi) is 5.68. The van der Waals surface area contributed by atoms with Crippen LogP contribution in [0.4, 0.5) is 11.4 Å². The van der Waals surface area contributed by atoms with Crippen molar-refractivity contribution in [3.05, 3.63) is 69.8 Å². The van der Waals surface area contributed by atoms with Gasteiger partial charge in [0, 0.05) is 17.8 Å². The third-order valence-corrected chi connectivity index (χ3v) is 4.36. The lowest BCUT2D eigenvalue weighted by molar-refractivity contribution is -0.384. The highest BCUT2D eigenvalue weighted by Gasteiger charge is 2.16. The Morgan fingerprint density at radius 1 is 1.04 bits per heavy atom. The number of benzene rings is 2. The SMILES string of the molecule is CC[C@@H](C)c1ccc(NC(=O)[C@@H](C)c2ccc([N+](=O)[O-])cc2)cc1. The molecule has 0 spiro atoms. The van der Waals surface area contributed by atoms with Crippen LogP contribution in [0.15, 0.2) is 48.5 Å². The van der Waals surface area contributed by atoms with E-state index in [0.29, 0.717) is 5.92 Å².